The van der Waals surface area contributed by atoms with Crippen molar-refractivity contribution in [1.82, 2.24) is 25.5 Å². The number of imide groups is 1. The Kier molecular flexibility index (Phi) is 5.99. The molecule has 0 bridgehead atoms. The summed E-state index contributed by atoms with van der Waals surface area (Å²) >= 11 is 1.69. The Balaban J connectivity index is 1.46. The SMILES string of the molecule is CSCC[C@@H](NC(=O)CN1C(=O)NC2(CCCCC2)C1=O)c1nc2ccccc2[nH]1. The third kappa shape index (κ3) is 4.03. The van der Waals surface area contributed by atoms with E-state index in [1.807, 2.05) is 30.5 Å². The first-order valence-corrected chi connectivity index (χ1v) is 11.8. The third-order valence-electron chi connectivity index (χ3n) is 5.94. The van der Waals surface area contributed by atoms with Crippen LogP contribution >= 0.6 is 11.8 Å². The standard InChI is InChI=1S/C21H27N5O3S/c1-30-12-9-16(18-23-14-7-3-4-8-15(14)24-18)22-17(27)13-26-19(28)21(25-20(26)29)10-5-2-6-11-21/h3-4,7-8,16H,2,5-6,9-13H2,1H3,(H,22,27)(H,23,24)(H,25,29)/t16-/m1/s1. The van der Waals surface area contributed by atoms with Gasteiger partial charge in [0.15, 0.2) is 0 Å². The second-order valence-corrected chi connectivity index (χ2v) is 8.99. The van der Waals surface area contributed by atoms with Crippen LogP contribution < -0.4 is 10.6 Å². The number of thioether (sulfide) groups is 1. The van der Waals surface area contributed by atoms with Gasteiger partial charge in [0.25, 0.3) is 5.91 Å². The molecule has 1 saturated carbocycles. The number of para-hydroxylation sites is 2. The number of rotatable bonds is 7. The van der Waals surface area contributed by atoms with E-state index in [4.69, 9.17) is 0 Å². The normalized spacial score (nSPS) is 19.3. The molecular formula is C21H27N5O3S. The average Bonchev–Trinajstić information content (AvgIpc) is 3.27. The van der Waals surface area contributed by atoms with E-state index < -0.39 is 11.6 Å². The predicted octanol–water partition coefficient (Wildman–Crippen LogP) is 2.73. The number of fused-ring (bicyclic) bond motifs is 1. The number of imidazole rings is 1. The number of nitrogens with zero attached hydrogens (tertiary/aromatic N) is 2. The van der Waals surface area contributed by atoms with Crippen LogP contribution in [0.5, 0.6) is 0 Å². The minimum absolute atomic E-state index is 0.272. The fourth-order valence-electron chi connectivity index (χ4n) is 4.35. The number of aromatic nitrogens is 2. The monoisotopic (exact) mass is 429 g/mol. The molecule has 0 unspecified atom stereocenters. The highest BCUT2D eigenvalue weighted by Gasteiger charge is 2.51. The van der Waals surface area contributed by atoms with Crippen LogP contribution in [0.1, 0.15) is 50.4 Å². The van der Waals surface area contributed by atoms with E-state index in [1.54, 1.807) is 11.8 Å². The van der Waals surface area contributed by atoms with Crippen molar-refractivity contribution >= 4 is 40.6 Å². The number of benzene rings is 1. The van der Waals surface area contributed by atoms with Gasteiger partial charge >= 0.3 is 6.03 Å². The molecule has 2 aromatic rings. The van der Waals surface area contributed by atoms with Crippen LogP contribution in [0.25, 0.3) is 11.0 Å². The van der Waals surface area contributed by atoms with E-state index in [9.17, 15) is 14.4 Å². The molecule has 4 rings (SSSR count). The summed E-state index contributed by atoms with van der Waals surface area (Å²) in [5.74, 6) is 0.887. The predicted molar refractivity (Wildman–Crippen MR) is 116 cm³/mol. The number of carbonyl (C=O) groups excluding carboxylic acids is 3. The molecule has 1 atom stereocenters. The lowest BCUT2D eigenvalue weighted by atomic mass is 9.82. The molecule has 1 aliphatic carbocycles. The molecule has 2 fully saturated rings. The highest BCUT2D eigenvalue weighted by molar-refractivity contribution is 7.98. The zero-order chi connectivity index (χ0) is 21.1. The third-order valence-corrected chi connectivity index (χ3v) is 6.58. The van der Waals surface area contributed by atoms with Crippen molar-refractivity contribution in [3.8, 4) is 0 Å². The summed E-state index contributed by atoms with van der Waals surface area (Å²) in [4.78, 5) is 47.1. The largest absolute Gasteiger partial charge is 0.345 e. The lowest BCUT2D eigenvalue weighted by Gasteiger charge is -2.30. The maximum Gasteiger partial charge on any atom is 0.325 e. The number of urea groups is 1. The lowest BCUT2D eigenvalue weighted by Crippen LogP contribution is -2.49. The maximum absolute atomic E-state index is 12.9. The summed E-state index contributed by atoms with van der Waals surface area (Å²) in [6.45, 7) is -0.275. The van der Waals surface area contributed by atoms with Gasteiger partial charge in [0, 0.05) is 0 Å². The van der Waals surface area contributed by atoms with E-state index in [1.165, 1.54) is 0 Å². The van der Waals surface area contributed by atoms with Crippen molar-refractivity contribution < 1.29 is 14.4 Å². The number of hydrogen-bond acceptors (Lipinski definition) is 5. The van der Waals surface area contributed by atoms with Crippen molar-refractivity contribution in [3.63, 3.8) is 0 Å². The second kappa shape index (κ2) is 8.67. The Morgan fingerprint density at radius 1 is 1.27 bits per heavy atom. The zero-order valence-corrected chi connectivity index (χ0v) is 17.9. The fourth-order valence-corrected chi connectivity index (χ4v) is 4.82. The van der Waals surface area contributed by atoms with E-state index in [2.05, 4.69) is 20.6 Å². The minimum atomic E-state index is -0.813. The van der Waals surface area contributed by atoms with Gasteiger partial charge in [-0.05, 0) is 43.4 Å². The smallest absolute Gasteiger partial charge is 0.325 e. The van der Waals surface area contributed by atoms with Crippen LogP contribution in [-0.2, 0) is 9.59 Å². The number of carbonyl (C=O) groups is 3. The second-order valence-electron chi connectivity index (χ2n) is 8.00. The Morgan fingerprint density at radius 3 is 2.77 bits per heavy atom. The molecule has 2 aliphatic rings. The van der Waals surface area contributed by atoms with Gasteiger partial charge in [-0.15, -0.1) is 0 Å². The van der Waals surface area contributed by atoms with E-state index in [0.717, 1.165) is 40.9 Å². The van der Waals surface area contributed by atoms with Crippen molar-refractivity contribution in [1.29, 1.82) is 0 Å². The summed E-state index contributed by atoms with van der Waals surface area (Å²) in [6.07, 6.45) is 6.88. The van der Waals surface area contributed by atoms with Gasteiger partial charge in [0.1, 0.15) is 17.9 Å². The van der Waals surface area contributed by atoms with E-state index in [0.29, 0.717) is 25.1 Å². The molecule has 3 N–H and O–H groups in total. The highest BCUT2D eigenvalue weighted by atomic mass is 32.2. The van der Waals surface area contributed by atoms with Gasteiger partial charge in [-0.3, -0.25) is 14.5 Å². The molecule has 1 saturated heterocycles. The Morgan fingerprint density at radius 2 is 2.03 bits per heavy atom. The lowest BCUT2D eigenvalue weighted by molar-refractivity contribution is -0.136. The van der Waals surface area contributed by atoms with Crippen LogP contribution in [-0.4, -0.2) is 56.8 Å². The van der Waals surface area contributed by atoms with Crippen molar-refractivity contribution in [2.75, 3.05) is 18.6 Å². The molecule has 4 amide bonds. The highest BCUT2D eigenvalue weighted by Crippen LogP contribution is 2.33. The zero-order valence-electron chi connectivity index (χ0n) is 17.1. The molecule has 0 radical (unpaired) electrons. The summed E-state index contributed by atoms with van der Waals surface area (Å²) in [6, 6.07) is 6.92. The number of H-pyrrole nitrogens is 1. The van der Waals surface area contributed by atoms with Gasteiger partial charge in [-0.25, -0.2) is 9.78 Å². The number of amides is 4. The molecule has 8 nitrogen and oxygen atoms in total. The summed E-state index contributed by atoms with van der Waals surface area (Å²) in [5, 5.41) is 5.82. The Bertz CT molecular complexity index is 920. The minimum Gasteiger partial charge on any atom is -0.345 e. The molecule has 1 spiro atoms. The van der Waals surface area contributed by atoms with Crippen molar-refractivity contribution in [2.45, 2.75) is 50.1 Å². The summed E-state index contributed by atoms with van der Waals surface area (Å²) in [7, 11) is 0. The van der Waals surface area contributed by atoms with Crippen LogP contribution in [0.15, 0.2) is 24.3 Å². The van der Waals surface area contributed by atoms with Gasteiger partial charge in [0.2, 0.25) is 5.91 Å². The van der Waals surface area contributed by atoms with Crippen LogP contribution in [0.4, 0.5) is 4.79 Å². The van der Waals surface area contributed by atoms with E-state index >= 15 is 0 Å². The van der Waals surface area contributed by atoms with E-state index in [-0.39, 0.29) is 24.4 Å². The number of nitrogens with one attached hydrogen (secondary N) is 3. The molecule has 160 valence electrons. The first kappa shape index (κ1) is 20.7. The Labute approximate surface area is 179 Å². The van der Waals surface area contributed by atoms with Crippen LogP contribution in [0.2, 0.25) is 0 Å². The average molecular weight is 430 g/mol. The molecule has 1 aromatic carbocycles. The Hall–Kier alpha value is -2.55. The van der Waals surface area contributed by atoms with Crippen molar-refractivity contribution in [3.05, 3.63) is 30.1 Å². The van der Waals surface area contributed by atoms with Crippen LogP contribution in [0, 0.1) is 0 Å². The van der Waals surface area contributed by atoms with Gasteiger partial charge < -0.3 is 15.6 Å². The molecule has 30 heavy (non-hydrogen) atoms. The van der Waals surface area contributed by atoms with Crippen molar-refractivity contribution in [2.24, 2.45) is 0 Å². The summed E-state index contributed by atoms with van der Waals surface area (Å²) in [5.41, 5.74) is 0.931. The van der Waals surface area contributed by atoms with Crippen LogP contribution in [0.3, 0.4) is 0 Å². The first-order valence-electron chi connectivity index (χ1n) is 10.4. The quantitative estimate of drug-likeness (QED) is 0.587. The molecule has 2 heterocycles. The molecule has 1 aromatic heterocycles. The van der Waals surface area contributed by atoms with Gasteiger partial charge in [-0.2, -0.15) is 11.8 Å². The van der Waals surface area contributed by atoms with Gasteiger partial charge in [-0.1, -0.05) is 31.4 Å². The first-order chi connectivity index (χ1) is 14.5. The molecule has 1 aliphatic heterocycles. The number of aromatic amines is 1. The fraction of sp³-hybridized carbons (Fsp3) is 0.524. The molecule has 9 heteroatoms. The maximum atomic E-state index is 12.9. The number of hydrogen-bond donors (Lipinski definition) is 3. The van der Waals surface area contributed by atoms with Gasteiger partial charge in [0.05, 0.1) is 17.1 Å². The topological polar surface area (TPSA) is 107 Å². The molecular weight excluding hydrogens is 402 g/mol. The summed E-state index contributed by atoms with van der Waals surface area (Å²) < 4.78 is 0.